The molecule has 3 aromatic heterocycles. The van der Waals surface area contributed by atoms with Gasteiger partial charge in [0, 0.05) is 4.70 Å². The van der Waals surface area contributed by atoms with Crippen LogP contribution in [0.1, 0.15) is 0 Å². The third-order valence-corrected chi connectivity index (χ3v) is 22.9. The quantitative estimate of drug-likeness (QED) is 0.162. The Kier molecular flexibility index (Phi) is 7.28. The predicted octanol–water partition coefficient (Wildman–Crippen LogP) is 10.6. The van der Waals surface area contributed by atoms with Crippen molar-refractivity contribution < 1.29 is 0 Å². The average Bonchev–Trinajstić information content (AvgIpc) is 3.92. The molecule has 57 heavy (non-hydrogen) atoms. The fraction of sp³-hybridized carbons (Fsp3) is 0. The number of rotatable bonds is 5. The normalized spacial score (nSPS) is 13.1. The maximum atomic E-state index is 5.67. The van der Waals surface area contributed by atoms with Gasteiger partial charge in [0.05, 0.1) is 0 Å². The zero-order chi connectivity index (χ0) is 37.5. The van der Waals surface area contributed by atoms with E-state index in [1.54, 1.807) is 0 Å². The van der Waals surface area contributed by atoms with Gasteiger partial charge in [-0.3, -0.25) is 0 Å². The molecular weight excluding hydrogens is 771 g/mol. The molecule has 0 aliphatic carbocycles. The summed E-state index contributed by atoms with van der Waals surface area (Å²) in [5, 5.41) is 5.15. The van der Waals surface area contributed by atoms with Gasteiger partial charge in [-0.05, 0) is 6.07 Å². The van der Waals surface area contributed by atoms with Crippen molar-refractivity contribution in [3.05, 3.63) is 200 Å². The van der Waals surface area contributed by atoms with Crippen LogP contribution in [-0.2, 0) is 0 Å². The number of fused-ring (bicyclic) bond motifs is 9. The van der Waals surface area contributed by atoms with E-state index in [-0.39, 0.29) is 0 Å². The maximum absolute atomic E-state index is 5.67. The van der Waals surface area contributed by atoms with Crippen molar-refractivity contribution in [3.63, 3.8) is 0 Å². The molecule has 3 nitrogen and oxygen atoms in total. The molecule has 0 fully saturated rings. The van der Waals surface area contributed by atoms with E-state index in [0.717, 1.165) is 33.9 Å². The molecule has 0 bridgehead atoms. The van der Waals surface area contributed by atoms with Crippen LogP contribution in [0.4, 0.5) is 0 Å². The fourth-order valence-electron chi connectivity index (χ4n) is 9.43. The van der Waals surface area contributed by atoms with E-state index in [4.69, 9.17) is 9.97 Å². The summed E-state index contributed by atoms with van der Waals surface area (Å²) < 4.78 is 10.4. The minimum atomic E-state index is -3.64. The number of aromatic nitrogens is 3. The van der Waals surface area contributed by atoms with Crippen LogP contribution >= 0.6 is 11.3 Å². The van der Waals surface area contributed by atoms with Gasteiger partial charge in [0.25, 0.3) is 0 Å². The Bertz CT molecular complexity index is 3300. The molecule has 266 valence electrons. The molecule has 8 aromatic carbocycles. The van der Waals surface area contributed by atoms with Crippen LogP contribution in [0.25, 0.3) is 81.4 Å². The average molecular weight is 805 g/mol. The fourth-order valence-corrected chi connectivity index (χ4v) is 21.1. The first-order valence-electron chi connectivity index (χ1n) is 19.4. The first-order chi connectivity index (χ1) is 28.3. The van der Waals surface area contributed by atoms with E-state index >= 15 is 0 Å². The summed E-state index contributed by atoms with van der Waals surface area (Å²) >= 11 is -1.76. The van der Waals surface area contributed by atoms with Gasteiger partial charge in [0.1, 0.15) is 0 Å². The van der Waals surface area contributed by atoms with E-state index in [9.17, 15) is 0 Å². The number of thiophene rings is 1. The van der Waals surface area contributed by atoms with Crippen molar-refractivity contribution in [2.75, 3.05) is 0 Å². The molecule has 11 aromatic rings. The molecule has 0 saturated carbocycles. The Morgan fingerprint density at radius 1 is 0.439 bits per heavy atom. The van der Waals surface area contributed by atoms with Gasteiger partial charge < -0.3 is 0 Å². The Balaban J connectivity index is 1.12. The molecule has 4 heterocycles. The summed E-state index contributed by atoms with van der Waals surface area (Å²) in [4.78, 5) is 11.2. The summed E-state index contributed by atoms with van der Waals surface area (Å²) in [7, 11) is 0. The number of hydrogen-bond donors (Lipinski definition) is 0. The van der Waals surface area contributed by atoms with Gasteiger partial charge in [-0.25, -0.2) is 0 Å². The van der Waals surface area contributed by atoms with Crippen molar-refractivity contribution in [2.24, 2.45) is 0 Å². The minimum absolute atomic E-state index is 0.762. The first kappa shape index (κ1) is 32.6. The second-order valence-electron chi connectivity index (χ2n) is 14.9. The molecule has 0 spiro atoms. The van der Waals surface area contributed by atoms with Crippen molar-refractivity contribution in [2.45, 2.75) is 0 Å². The topological polar surface area (TPSA) is 30.7 Å². The third kappa shape index (κ3) is 4.78. The summed E-state index contributed by atoms with van der Waals surface area (Å²) in [6, 6.07) is 73.3. The van der Waals surface area contributed by atoms with E-state index in [1.165, 1.54) is 65.3 Å². The second kappa shape index (κ2) is 12.7. The van der Waals surface area contributed by atoms with Crippen LogP contribution in [0.5, 0.6) is 0 Å². The van der Waals surface area contributed by atoms with E-state index in [0.29, 0.717) is 0 Å². The van der Waals surface area contributed by atoms with Crippen molar-refractivity contribution in [1.82, 2.24) is 14.5 Å². The summed E-state index contributed by atoms with van der Waals surface area (Å²) in [6.45, 7) is 0. The third-order valence-electron chi connectivity index (χ3n) is 11.9. The molecule has 0 saturated heterocycles. The molecule has 1 aliphatic heterocycles. The zero-order valence-electron chi connectivity index (χ0n) is 30.8. The van der Waals surface area contributed by atoms with Crippen LogP contribution in [-0.4, -0.2) is 27.8 Å². The SMILES string of the molecule is c1ccc(-c2nc(-c3ccc(-n4c5ccccc5c5cc6sc7ccccc7c6cc54)cc3)c3[c](n2)[Ge]([c]2ccccc2)([c]2ccccc2)[c]2ccccc2-3)cc1. The van der Waals surface area contributed by atoms with Crippen LogP contribution < -0.4 is 17.7 Å². The monoisotopic (exact) mass is 805 g/mol. The molecular formula is C52H33GeN3S. The first-order valence-corrected chi connectivity index (χ1v) is 24.4. The molecule has 5 heteroatoms. The molecule has 0 unspecified atom stereocenters. The van der Waals surface area contributed by atoms with Gasteiger partial charge in [-0.1, -0.05) is 18.2 Å². The van der Waals surface area contributed by atoms with Crippen molar-refractivity contribution in [1.29, 1.82) is 0 Å². The van der Waals surface area contributed by atoms with Crippen LogP contribution in [0, 0.1) is 0 Å². The van der Waals surface area contributed by atoms with Gasteiger partial charge in [0.2, 0.25) is 0 Å². The summed E-state index contributed by atoms with van der Waals surface area (Å²) in [5.41, 5.74) is 9.02. The number of benzene rings is 8. The molecule has 12 rings (SSSR count). The van der Waals surface area contributed by atoms with Crippen molar-refractivity contribution in [3.8, 4) is 39.5 Å². The van der Waals surface area contributed by atoms with E-state index in [2.05, 4.69) is 205 Å². The second-order valence-corrected chi connectivity index (χ2v) is 23.7. The number of nitrogens with zero attached hydrogens (tertiary/aromatic N) is 3. The molecule has 1 aliphatic rings. The van der Waals surface area contributed by atoms with Gasteiger partial charge in [-0.15, -0.1) is 11.3 Å². The van der Waals surface area contributed by atoms with Crippen LogP contribution in [0.15, 0.2) is 200 Å². The van der Waals surface area contributed by atoms with Crippen LogP contribution in [0.3, 0.4) is 0 Å². The molecule has 0 N–H and O–H groups in total. The standard InChI is InChI=1S/C52H33GeN3S/c1-4-16-35(17-5-1)52-54-50(49-41-24-10-13-25-44(41)53(51(49)55-52,36-18-6-2-7-19-36)37-20-8-3-9-21-37)34-28-30-38(31-29-34)56-45-26-14-11-22-39(45)42-33-48-43(32-46(42)56)40-23-12-15-27-47(40)57-48/h1-33H. The summed E-state index contributed by atoms with van der Waals surface area (Å²) in [5.74, 6) is 0.762. The van der Waals surface area contributed by atoms with E-state index in [1.807, 2.05) is 11.3 Å². The molecule has 0 atom stereocenters. The Hall–Kier alpha value is -6.60. The van der Waals surface area contributed by atoms with E-state index < -0.39 is 13.3 Å². The van der Waals surface area contributed by atoms with Crippen molar-refractivity contribution >= 4 is 84.3 Å². The van der Waals surface area contributed by atoms with Gasteiger partial charge in [-0.2, -0.15) is 0 Å². The Morgan fingerprint density at radius 2 is 1.07 bits per heavy atom. The zero-order valence-corrected chi connectivity index (χ0v) is 33.7. The summed E-state index contributed by atoms with van der Waals surface area (Å²) in [6.07, 6.45) is 0. The molecule has 0 amide bonds. The number of para-hydroxylation sites is 1. The van der Waals surface area contributed by atoms with Gasteiger partial charge >= 0.3 is 298 Å². The van der Waals surface area contributed by atoms with Crippen LogP contribution in [0.2, 0.25) is 0 Å². The van der Waals surface area contributed by atoms with Gasteiger partial charge in [0.15, 0.2) is 0 Å². The Labute approximate surface area is 336 Å². The number of hydrogen-bond acceptors (Lipinski definition) is 3. The Morgan fingerprint density at radius 3 is 1.82 bits per heavy atom. The predicted molar refractivity (Wildman–Crippen MR) is 243 cm³/mol. The molecule has 0 radical (unpaired) electrons.